The SMILES string of the molecule is COc1ccccc1[C@@H]1c2sc(=O)n(CC(=O)N3CCCCC3)c2SC2C3CCC(C3)C21. The van der Waals surface area contributed by atoms with Gasteiger partial charge >= 0.3 is 4.87 Å². The second-order valence-corrected chi connectivity index (χ2v) is 11.9. The number of amides is 1. The maximum Gasteiger partial charge on any atom is 0.308 e. The molecule has 2 aromatic rings. The summed E-state index contributed by atoms with van der Waals surface area (Å²) in [4.78, 5) is 29.4. The third-order valence-electron chi connectivity index (χ3n) is 8.17. The number of para-hydroxylation sites is 1. The monoisotopic (exact) mass is 470 g/mol. The quantitative estimate of drug-likeness (QED) is 0.656. The van der Waals surface area contributed by atoms with E-state index in [-0.39, 0.29) is 23.2 Å². The van der Waals surface area contributed by atoms with Crippen LogP contribution in [0.5, 0.6) is 5.75 Å². The van der Waals surface area contributed by atoms with Gasteiger partial charge in [0.25, 0.3) is 0 Å². The van der Waals surface area contributed by atoms with Crippen molar-refractivity contribution in [1.29, 1.82) is 0 Å². The average Bonchev–Trinajstić information content (AvgIpc) is 3.52. The molecule has 170 valence electrons. The Bertz CT molecular complexity index is 1090. The Morgan fingerprint density at radius 3 is 2.72 bits per heavy atom. The Morgan fingerprint density at radius 1 is 1.12 bits per heavy atom. The van der Waals surface area contributed by atoms with Gasteiger partial charge in [0.05, 0.1) is 12.1 Å². The number of hydrogen-bond donors (Lipinski definition) is 0. The highest BCUT2D eigenvalue weighted by Gasteiger charge is 2.55. The average molecular weight is 471 g/mol. The fourth-order valence-corrected chi connectivity index (χ4v) is 9.88. The van der Waals surface area contributed by atoms with E-state index in [2.05, 4.69) is 12.1 Å². The maximum atomic E-state index is 13.2. The minimum Gasteiger partial charge on any atom is -0.496 e. The highest BCUT2D eigenvalue weighted by molar-refractivity contribution is 8.00. The first-order valence-electron chi connectivity index (χ1n) is 12.0. The van der Waals surface area contributed by atoms with E-state index in [0.717, 1.165) is 53.4 Å². The zero-order valence-electron chi connectivity index (χ0n) is 18.5. The molecule has 7 heteroatoms. The number of likely N-dealkylation sites (tertiary alicyclic amines) is 1. The molecule has 32 heavy (non-hydrogen) atoms. The Morgan fingerprint density at radius 2 is 1.91 bits per heavy atom. The van der Waals surface area contributed by atoms with Crippen LogP contribution in [-0.2, 0) is 11.3 Å². The van der Waals surface area contributed by atoms with Crippen molar-refractivity contribution in [2.45, 2.75) is 61.3 Å². The zero-order chi connectivity index (χ0) is 21.8. The van der Waals surface area contributed by atoms with Crippen LogP contribution in [0, 0.1) is 17.8 Å². The summed E-state index contributed by atoms with van der Waals surface area (Å²) in [5, 5.41) is 1.58. The van der Waals surface area contributed by atoms with Crippen LogP contribution in [0.3, 0.4) is 0 Å². The fraction of sp³-hybridized carbons (Fsp3) is 0.600. The topological polar surface area (TPSA) is 51.5 Å². The molecule has 1 saturated heterocycles. The Kier molecular flexibility index (Phi) is 5.37. The van der Waals surface area contributed by atoms with Gasteiger partial charge in [0.15, 0.2) is 0 Å². The first-order chi connectivity index (χ1) is 15.7. The van der Waals surface area contributed by atoms with Gasteiger partial charge < -0.3 is 9.64 Å². The van der Waals surface area contributed by atoms with Gasteiger partial charge in [0.1, 0.15) is 12.3 Å². The summed E-state index contributed by atoms with van der Waals surface area (Å²) in [7, 11) is 1.74. The van der Waals surface area contributed by atoms with Crippen LogP contribution in [0.2, 0.25) is 0 Å². The lowest BCUT2D eigenvalue weighted by molar-refractivity contribution is -0.132. The van der Waals surface area contributed by atoms with Crippen molar-refractivity contribution < 1.29 is 9.53 Å². The van der Waals surface area contributed by atoms with Crippen molar-refractivity contribution in [1.82, 2.24) is 9.47 Å². The number of nitrogens with zero attached hydrogens (tertiary/aromatic N) is 2. The number of fused-ring (bicyclic) bond motifs is 6. The number of carbonyl (C=O) groups excluding carboxylic acids is 1. The number of aromatic nitrogens is 1. The van der Waals surface area contributed by atoms with Crippen LogP contribution >= 0.6 is 23.1 Å². The minimum absolute atomic E-state index is 0.0140. The highest BCUT2D eigenvalue weighted by atomic mass is 32.2. The second kappa shape index (κ2) is 8.24. The van der Waals surface area contributed by atoms with Crippen molar-refractivity contribution in [2.75, 3.05) is 20.2 Å². The van der Waals surface area contributed by atoms with Gasteiger partial charge in [-0.2, -0.15) is 0 Å². The summed E-state index contributed by atoms with van der Waals surface area (Å²) in [5.74, 6) is 3.19. The molecule has 0 spiro atoms. The number of carbonyl (C=O) groups is 1. The zero-order valence-corrected chi connectivity index (χ0v) is 20.1. The number of thiazole rings is 1. The van der Waals surface area contributed by atoms with Gasteiger partial charge in [-0.15, -0.1) is 11.8 Å². The maximum absolute atomic E-state index is 13.2. The van der Waals surface area contributed by atoms with Gasteiger partial charge in [0.2, 0.25) is 5.91 Å². The van der Waals surface area contributed by atoms with Gasteiger partial charge in [-0.3, -0.25) is 14.2 Å². The highest BCUT2D eigenvalue weighted by Crippen LogP contribution is 2.64. The minimum atomic E-state index is 0.0140. The number of piperidine rings is 1. The van der Waals surface area contributed by atoms with Crippen LogP contribution in [0.4, 0.5) is 0 Å². The number of rotatable bonds is 4. The first kappa shape index (κ1) is 20.8. The number of ether oxygens (including phenoxy) is 1. The molecule has 5 nitrogen and oxygen atoms in total. The lowest BCUT2D eigenvalue weighted by atomic mass is 9.74. The number of hydrogen-bond acceptors (Lipinski definition) is 5. The molecule has 4 unspecified atom stereocenters. The summed E-state index contributed by atoms with van der Waals surface area (Å²) in [6.07, 6.45) is 7.24. The predicted octanol–water partition coefficient (Wildman–Crippen LogP) is 4.58. The fourth-order valence-electron chi connectivity index (χ4n) is 6.74. The van der Waals surface area contributed by atoms with Crippen molar-refractivity contribution in [3.8, 4) is 5.75 Å². The van der Waals surface area contributed by atoms with Crippen LogP contribution in [-0.4, -0.2) is 40.8 Å². The summed E-state index contributed by atoms with van der Waals surface area (Å²) in [6, 6.07) is 8.32. The molecule has 2 aliphatic carbocycles. The van der Waals surface area contributed by atoms with E-state index >= 15 is 0 Å². The molecule has 3 fully saturated rings. The Hall–Kier alpha value is -1.73. The van der Waals surface area contributed by atoms with Crippen molar-refractivity contribution in [3.63, 3.8) is 0 Å². The van der Waals surface area contributed by atoms with Crippen LogP contribution in [0.25, 0.3) is 0 Å². The van der Waals surface area contributed by atoms with E-state index < -0.39 is 0 Å². The van der Waals surface area contributed by atoms with Crippen molar-refractivity contribution >= 4 is 29.0 Å². The van der Waals surface area contributed by atoms with Gasteiger partial charge in [0, 0.05) is 34.7 Å². The molecule has 6 rings (SSSR count). The molecule has 3 heterocycles. The van der Waals surface area contributed by atoms with Gasteiger partial charge in [-0.25, -0.2) is 0 Å². The normalized spacial score (nSPS) is 30.8. The Balaban J connectivity index is 1.42. The first-order valence-corrected chi connectivity index (χ1v) is 13.7. The second-order valence-electron chi connectivity index (χ2n) is 9.78. The Labute approximate surface area is 197 Å². The molecule has 2 saturated carbocycles. The molecule has 2 aliphatic heterocycles. The standard InChI is InChI=1S/C25H30N2O3S2/c1-30-18-8-4-3-7-17(18)21-20-15-9-10-16(13-15)22(20)31-24-23(21)32-25(29)27(24)14-19(28)26-11-5-2-6-12-26/h3-4,7-8,15-16,20-22H,2,5-6,9-14H2,1H3/t15?,16?,20?,21-,22?/m0/s1. The van der Waals surface area contributed by atoms with Gasteiger partial charge in [-0.05, 0) is 62.3 Å². The number of methoxy groups -OCH3 is 1. The summed E-state index contributed by atoms with van der Waals surface area (Å²) in [6.45, 7) is 1.83. The summed E-state index contributed by atoms with van der Waals surface area (Å²) >= 11 is 3.26. The van der Waals surface area contributed by atoms with E-state index in [4.69, 9.17) is 4.74 Å². The largest absolute Gasteiger partial charge is 0.496 e. The molecule has 0 radical (unpaired) electrons. The number of benzene rings is 1. The van der Waals surface area contributed by atoms with Crippen molar-refractivity contribution in [3.05, 3.63) is 44.4 Å². The summed E-state index contributed by atoms with van der Waals surface area (Å²) < 4.78 is 7.57. The molecular weight excluding hydrogens is 440 g/mol. The molecule has 1 amide bonds. The molecule has 5 atom stereocenters. The molecule has 1 aromatic carbocycles. The molecule has 2 bridgehead atoms. The third-order valence-corrected chi connectivity index (χ3v) is 11.0. The van der Waals surface area contributed by atoms with E-state index in [1.807, 2.05) is 28.8 Å². The molecular formula is C25H30N2O3S2. The van der Waals surface area contributed by atoms with Crippen LogP contribution in [0.15, 0.2) is 34.1 Å². The lowest BCUT2D eigenvalue weighted by Crippen LogP contribution is -2.39. The van der Waals surface area contributed by atoms with E-state index in [9.17, 15) is 9.59 Å². The van der Waals surface area contributed by atoms with E-state index in [0.29, 0.717) is 11.2 Å². The molecule has 0 N–H and O–H groups in total. The third kappa shape index (κ3) is 3.26. The van der Waals surface area contributed by atoms with Crippen LogP contribution < -0.4 is 9.61 Å². The van der Waals surface area contributed by atoms with E-state index in [1.54, 1.807) is 11.7 Å². The lowest BCUT2D eigenvalue weighted by Gasteiger charge is -2.41. The van der Waals surface area contributed by atoms with E-state index in [1.165, 1.54) is 42.6 Å². The van der Waals surface area contributed by atoms with Crippen molar-refractivity contribution in [2.24, 2.45) is 17.8 Å². The smallest absolute Gasteiger partial charge is 0.308 e. The molecule has 1 aromatic heterocycles. The summed E-state index contributed by atoms with van der Waals surface area (Å²) in [5.41, 5.74) is 1.20. The number of thioether (sulfide) groups is 1. The predicted molar refractivity (Wildman–Crippen MR) is 128 cm³/mol. The van der Waals surface area contributed by atoms with Crippen LogP contribution in [0.1, 0.15) is 54.9 Å². The molecule has 4 aliphatic rings. The van der Waals surface area contributed by atoms with Gasteiger partial charge in [-0.1, -0.05) is 29.5 Å².